The number of nitrogens with two attached hydrogens (primary N) is 1. The van der Waals surface area contributed by atoms with Crippen LogP contribution in [0.25, 0.3) is 10.8 Å². The van der Waals surface area contributed by atoms with Gasteiger partial charge in [0.1, 0.15) is 0 Å². The topological polar surface area (TPSA) is 38.0 Å². The Morgan fingerprint density at radius 2 is 1.62 bits per heavy atom. The maximum absolute atomic E-state index is 6.26. The summed E-state index contributed by atoms with van der Waals surface area (Å²) in [5.74, 6) is 5.73. The van der Waals surface area contributed by atoms with Gasteiger partial charge in [-0.1, -0.05) is 72.3 Å². The maximum atomic E-state index is 6.26. The van der Waals surface area contributed by atoms with Gasteiger partial charge in [-0.2, -0.15) is 0 Å². The van der Waals surface area contributed by atoms with Crippen LogP contribution in [-0.4, -0.2) is 0 Å². The molecule has 0 bridgehead atoms. The van der Waals surface area contributed by atoms with Crippen molar-refractivity contribution in [2.45, 2.75) is 12.5 Å². The Morgan fingerprint density at radius 1 is 0.905 bits per heavy atom. The summed E-state index contributed by atoms with van der Waals surface area (Å²) in [4.78, 5) is 0. The SMILES string of the molecule is NNC(Cc1ccc2ccccc2c1)c1ccccc1Cl. The molecule has 106 valence electrons. The molecular weight excluding hydrogens is 280 g/mol. The Bertz CT molecular complexity index is 755. The van der Waals surface area contributed by atoms with Gasteiger partial charge in [0, 0.05) is 5.02 Å². The lowest BCUT2D eigenvalue weighted by Crippen LogP contribution is -2.29. The number of halogens is 1. The number of hydrogen-bond acceptors (Lipinski definition) is 2. The van der Waals surface area contributed by atoms with Gasteiger partial charge in [0.2, 0.25) is 0 Å². The molecule has 0 radical (unpaired) electrons. The minimum Gasteiger partial charge on any atom is -0.271 e. The zero-order valence-corrected chi connectivity index (χ0v) is 12.3. The summed E-state index contributed by atoms with van der Waals surface area (Å²) in [6.45, 7) is 0. The zero-order chi connectivity index (χ0) is 14.7. The maximum Gasteiger partial charge on any atom is 0.0515 e. The Labute approximate surface area is 129 Å². The van der Waals surface area contributed by atoms with Crippen LogP contribution in [0.5, 0.6) is 0 Å². The van der Waals surface area contributed by atoms with E-state index in [4.69, 9.17) is 17.4 Å². The first-order valence-corrected chi connectivity index (χ1v) is 7.34. The van der Waals surface area contributed by atoms with E-state index in [0.717, 1.165) is 17.0 Å². The standard InChI is InChI=1S/C18H17ClN2/c19-17-8-4-3-7-16(17)18(21-20)12-13-9-10-14-5-1-2-6-15(14)11-13/h1-11,18,21H,12,20H2. The number of benzene rings is 3. The van der Waals surface area contributed by atoms with Gasteiger partial charge in [0.15, 0.2) is 0 Å². The largest absolute Gasteiger partial charge is 0.271 e. The highest BCUT2D eigenvalue weighted by molar-refractivity contribution is 6.31. The average Bonchev–Trinajstić information content (AvgIpc) is 2.53. The van der Waals surface area contributed by atoms with Crippen LogP contribution in [0.2, 0.25) is 5.02 Å². The van der Waals surface area contributed by atoms with Crippen molar-refractivity contribution in [3.63, 3.8) is 0 Å². The summed E-state index contributed by atoms with van der Waals surface area (Å²) in [6.07, 6.45) is 0.797. The van der Waals surface area contributed by atoms with Crippen LogP contribution in [0.1, 0.15) is 17.2 Å². The van der Waals surface area contributed by atoms with E-state index in [0.29, 0.717) is 0 Å². The molecule has 21 heavy (non-hydrogen) atoms. The van der Waals surface area contributed by atoms with Crippen molar-refractivity contribution in [1.82, 2.24) is 5.43 Å². The van der Waals surface area contributed by atoms with Gasteiger partial charge < -0.3 is 0 Å². The van der Waals surface area contributed by atoms with Crippen LogP contribution >= 0.6 is 11.6 Å². The highest BCUT2D eigenvalue weighted by atomic mass is 35.5. The van der Waals surface area contributed by atoms with Gasteiger partial charge in [-0.25, -0.2) is 0 Å². The van der Waals surface area contributed by atoms with Gasteiger partial charge >= 0.3 is 0 Å². The molecule has 0 aliphatic rings. The van der Waals surface area contributed by atoms with Crippen molar-refractivity contribution in [1.29, 1.82) is 0 Å². The molecule has 2 nitrogen and oxygen atoms in total. The lowest BCUT2D eigenvalue weighted by molar-refractivity contribution is 0.552. The fourth-order valence-corrected chi connectivity index (χ4v) is 2.89. The van der Waals surface area contributed by atoms with E-state index in [2.05, 4.69) is 47.9 Å². The molecule has 0 aliphatic heterocycles. The Kier molecular flexibility index (Phi) is 4.20. The molecule has 0 saturated heterocycles. The van der Waals surface area contributed by atoms with E-state index >= 15 is 0 Å². The number of rotatable bonds is 4. The molecule has 0 aliphatic carbocycles. The molecule has 1 unspecified atom stereocenters. The Morgan fingerprint density at radius 3 is 2.38 bits per heavy atom. The van der Waals surface area contributed by atoms with Crippen LogP contribution in [0.3, 0.4) is 0 Å². The van der Waals surface area contributed by atoms with Crippen molar-refractivity contribution in [2.75, 3.05) is 0 Å². The van der Waals surface area contributed by atoms with E-state index in [9.17, 15) is 0 Å². The molecule has 1 atom stereocenters. The van der Waals surface area contributed by atoms with Crippen molar-refractivity contribution >= 4 is 22.4 Å². The molecule has 0 amide bonds. The molecule has 3 aromatic carbocycles. The number of hydrogen-bond donors (Lipinski definition) is 2. The third-order valence-electron chi connectivity index (χ3n) is 3.74. The van der Waals surface area contributed by atoms with Crippen molar-refractivity contribution in [3.8, 4) is 0 Å². The van der Waals surface area contributed by atoms with E-state index in [1.807, 2.05) is 24.3 Å². The van der Waals surface area contributed by atoms with Crippen molar-refractivity contribution in [2.24, 2.45) is 5.84 Å². The summed E-state index contributed by atoms with van der Waals surface area (Å²) >= 11 is 6.26. The summed E-state index contributed by atoms with van der Waals surface area (Å²) in [5.41, 5.74) is 5.13. The van der Waals surface area contributed by atoms with Gasteiger partial charge in [0.25, 0.3) is 0 Å². The molecule has 0 aromatic heterocycles. The number of fused-ring (bicyclic) bond motifs is 1. The lowest BCUT2D eigenvalue weighted by Gasteiger charge is -2.18. The lowest BCUT2D eigenvalue weighted by atomic mass is 9.97. The van der Waals surface area contributed by atoms with Crippen LogP contribution < -0.4 is 11.3 Å². The first kappa shape index (κ1) is 14.1. The van der Waals surface area contributed by atoms with Crippen LogP contribution in [0.15, 0.2) is 66.7 Å². The van der Waals surface area contributed by atoms with E-state index < -0.39 is 0 Å². The predicted molar refractivity (Wildman–Crippen MR) is 89.2 cm³/mol. The van der Waals surface area contributed by atoms with E-state index in [-0.39, 0.29) is 6.04 Å². The van der Waals surface area contributed by atoms with E-state index in [1.165, 1.54) is 16.3 Å². The second kappa shape index (κ2) is 6.27. The van der Waals surface area contributed by atoms with Crippen LogP contribution in [0.4, 0.5) is 0 Å². The number of nitrogens with one attached hydrogen (secondary N) is 1. The third-order valence-corrected chi connectivity index (χ3v) is 4.08. The summed E-state index contributed by atoms with van der Waals surface area (Å²) < 4.78 is 0. The first-order chi connectivity index (χ1) is 10.3. The molecule has 3 aromatic rings. The summed E-state index contributed by atoms with van der Waals surface area (Å²) in [7, 11) is 0. The minimum atomic E-state index is -0.000128. The van der Waals surface area contributed by atoms with Gasteiger partial charge in [-0.15, -0.1) is 0 Å². The molecular formula is C18H17ClN2. The average molecular weight is 297 g/mol. The highest BCUT2D eigenvalue weighted by Gasteiger charge is 2.13. The van der Waals surface area contributed by atoms with Gasteiger partial charge in [0.05, 0.1) is 6.04 Å². The minimum absolute atomic E-state index is 0.000128. The Balaban J connectivity index is 1.90. The number of hydrazine groups is 1. The predicted octanol–water partition coefficient (Wildman–Crippen LogP) is 4.24. The first-order valence-electron chi connectivity index (χ1n) is 6.96. The van der Waals surface area contributed by atoms with Gasteiger partial charge in [-0.05, 0) is 34.4 Å². The van der Waals surface area contributed by atoms with Crippen molar-refractivity contribution in [3.05, 3.63) is 82.9 Å². The molecule has 0 spiro atoms. The molecule has 3 N–H and O–H groups in total. The normalized spacial score (nSPS) is 12.5. The highest BCUT2D eigenvalue weighted by Crippen LogP contribution is 2.26. The summed E-state index contributed by atoms with van der Waals surface area (Å²) in [6, 6.07) is 22.6. The monoisotopic (exact) mass is 296 g/mol. The Hall–Kier alpha value is -1.87. The fraction of sp³-hybridized carbons (Fsp3) is 0.111. The summed E-state index contributed by atoms with van der Waals surface area (Å²) in [5, 5.41) is 3.22. The second-order valence-corrected chi connectivity index (χ2v) is 5.53. The zero-order valence-electron chi connectivity index (χ0n) is 11.6. The molecule has 0 saturated carbocycles. The van der Waals surface area contributed by atoms with Gasteiger partial charge in [-0.3, -0.25) is 11.3 Å². The third kappa shape index (κ3) is 3.08. The van der Waals surface area contributed by atoms with E-state index in [1.54, 1.807) is 0 Å². The smallest absolute Gasteiger partial charge is 0.0515 e. The van der Waals surface area contributed by atoms with Crippen LogP contribution in [-0.2, 0) is 6.42 Å². The molecule has 3 heteroatoms. The molecule has 0 fully saturated rings. The second-order valence-electron chi connectivity index (χ2n) is 5.13. The molecule has 0 heterocycles. The molecule has 3 rings (SSSR count). The quantitative estimate of drug-likeness (QED) is 0.558. The van der Waals surface area contributed by atoms with Crippen molar-refractivity contribution < 1.29 is 0 Å². The van der Waals surface area contributed by atoms with Crippen LogP contribution in [0, 0.1) is 0 Å². The fourth-order valence-electron chi connectivity index (χ4n) is 2.62.